The Bertz CT molecular complexity index is 345. The van der Waals surface area contributed by atoms with Gasteiger partial charge in [-0.3, -0.25) is 0 Å². The third kappa shape index (κ3) is 3.80. The molecule has 0 unspecified atom stereocenters. The lowest BCUT2D eigenvalue weighted by Crippen LogP contribution is -1.98. The van der Waals surface area contributed by atoms with Gasteiger partial charge in [0, 0.05) is 11.9 Å². The summed E-state index contributed by atoms with van der Waals surface area (Å²) in [6.07, 6.45) is 3.33. The highest BCUT2D eigenvalue weighted by molar-refractivity contribution is 9.10. The molecule has 1 rings (SSSR count). The van der Waals surface area contributed by atoms with Gasteiger partial charge in [0.25, 0.3) is 0 Å². The van der Waals surface area contributed by atoms with Crippen LogP contribution in [0.1, 0.15) is 0 Å². The van der Waals surface area contributed by atoms with Gasteiger partial charge in [-0.1, -0.05) is 12.2 Å². The molecule has 0 aromatic heterocycles. The zero-order chi connectivity index (χ0) is 11.3. The predicted octanol–water partition coefficient (Wildman–Crippen LogP) is 3.90. The van der Waals surface area contributed by atoms with Crippen molar-refractivity contribution >= 4 is 27.5 Å². The maximum atomic E-state index is 13.2. The number of benzene rings is 1. The lowest BCUT2D eigenvalue weighted by Gasteiger charge is -2.06. The van der Waals surface area contributed by atoms with Crippen LogP contribution in [0.2, 0.25) is 0 Å². The van der Waals surface area contributed by atoms with E-state index in [1.165, 1.54) is 0 Å². The maximum absolute atomic E-state index is 13.2. The van der Waals surface area contributed by atoms with E-state index in [0.29, 0.717) is 5.88 Å². The lowest BCUT2D eigenvalue weighted by atomic mass is 10.3. The first-order valence-electron chi connectivity index (χ1n) is 4.13. The summed E-state index contributed by atoms with van der Waals surface area (Å²) in [5, 5.41) is 0. The van der Waals surface area contributed by atoms with Crippen LogP contribution in [0.3, 0.4) is 0 Å². The standard InChI is InChI=1S/C10H8BrClF2O/c11-8-5-7(13)6-9(14)10(8)15-4-2-1-3-12/h1-2,5-6H,3-4H2/b2-1+. The Morgan fingerprint density at radius 2 is 2.07 bits per heavy atom. The molecular weight excluding hydrogens is 289 g/mol. The summed E-state index contributed by atoms with van der Waals surface area (Å²) in [4.78, 5) is 0. The van der Waals surface area contributed by atoms with E-state index in [9.17, 15) is 8.78 Å². The molecule has 0 bridgehead atoms. The average molecular weight is 298 g/mol. The molecule has 0 spiro atoms. The van der Waals surface area contributed by atoms with Crippen molar-refractivity contribution in [2.45, 2.75) is 0 Å². The SMILES string of the molecule is Fc1cc(F)c(OC/C=C/CCl)c(Br)c1. The Labute approximate surface area is 99.8 Å². The molecule has 0 fully saturated rings. The molecule has 0 radical (unpaired) electrons. The van der Waals surface area contributed by atoms with Crippen molar-refractivity contribution in [3.63, 3.8) is 0 Å². The molecule has 0 saturated carbocycles. The Kier molecular flexibility index (Phi) is 5.05. The van der Waals surface area contributed by atoms with E-state index in [2.05, 4.69) is 15.9 Å². The predicted molar refractivity (Wildman–Crippen MR) is 59.4 cm³/mol. The van der Waals surface area contributed by atoms with Crippen molar-refractivity contribution in [1.82, 2.24) is 0 Å². The first-order valence-corrected chi connectivity index (χ1v) is 5.46. The van der Waals surface area contributed by atoms with Gasteiger partial charge in [-0.05, 0) is 22.0 Å². The van der Waals surface area contributed by atoms with Crippen molar-refractivity contribution in [2.75, 3.05) is 12.5 Å². The van der Waals surface area contributed by atoms with E-state index in [-0.39, 0.29) is 16.8 Å². The van der Waals surface area contributed by atoms with E-state index < -0.39 is 11.6 Å². The van der Waals surface area contributed by atoms with Gasteiger partial charge in [-0.15, -0.1) is 11.6 Å². The first kappa shape index (κ1) is 12.5. The van der Waals surface area contributed by atoms with Crippen molar-refractivity contribution in [1.29, 1.82) is 0 Å². The van der Waals surface area contributed by atoms with Crippen LogP contribution in [0.15, 0.2) is 28.8 Å². The van der Waals surface area contributed by atoms with Crippen LogP contribution in [-0.4, -0.2) is 12.5 Å². The molecule has 0 aliphatic carbocycles. The Morgan fingerprint density at radius 3 is 2.67 bits per heavy atom. The van der Waals surface area contributed by atoms with Gasteiger partial charge in [0.15, 0.2) is 11.6 Å². The molecule has 0 aliphatic rings. The second-order valence-corrected chi connectivity index (χ2v) is 3.80. The number of halogens is 4. The normalized spacial score (nSPS) is 10.9. The topological polar surface area (TPSA) is 9.23 Å². The minimum Gasteiger partial charge on any atom is -0.485 e. The van der Waals surface area contributed by atoms with E-state index in [4.69, 9.17) is 16.3 Å². The quantitative estimate of drug-likeness (QED) is 0.605. The molecule has 1 nitrogen and oxygen atoms in total. The van der Waals surface area contributed by atoms with Crippen molar-refractivity contribution < 1.29 is 13.5 Å². The van der Waals surface area contributed by atoms with Crippen LogP contribution < -0.4 is 4.74 Å². The van der Waals surface area contributed by atoms with Gasteiger partial charge in [0.1, 0.15) is 12.4 Å². The minimum absolute atomic E-state index is 0.00405. The van der Waals surface area contributed by atoms with Gasteiger partial charge < -0.3 is 4.74 Å². The molecule has 15 heavy (non-hydrogen) atoms. The summed E-state index contributed by atoms with van der Waals surface area (Å²) in [6.45, 7) is 0.188. The molecule has 82 valence electrons. The van der Waals surface area contributed by atoms with E-state index in [0.717, 1.165) is 12.1 Å². The molecule has 0 saturated heterocycles. The summed E-state index contributed by atoms with van der Waals surface area (Å²) in [6, 6.07) is 1.91. The number of allylic oxidation sites excluding steroid dienone is 1. The number of alkyl halides is 1. The summed E-state index contributed by atoms with van der Waals surface area (Å²) in [5.74, 6) is -1.02. The highest BCUT2D eigenvalue weighted by Gasteiger charge is 2.09. The Balaban J connectivity index is 2.72. The second-order valence-electron chi connectivity index (χ2n) is 2.64. The zero-order valence-corrected chi connectivity index (χ0v) is 9.99. The highest BCUT2D eigenvalue weighted by Crippen LogP contribution is 2.29. The summed E-state index contributed by atoms with van der Waals surface area (Å²) < 4.78 is 31.2. The monoisotopic (exact) mass is 296 g/mol. The number of hydrogen-bond donors (Lipinski definition) is 0. The Morgan fingerprint density at radius 1 is 1.33 bits per heavy atom. The molecule has 0 atom stereocenters. The fourth-order valence-corrected chi connectivity index (χ4v) is 1.58. The van der Waals surface area contributed by atoms with E-state index in [1.807, 2.05) is 0 Å². The van der Waals surface area contributed by atoms with Crippen LogP contribution in [0.25, 0.3) is 0 Å². The zero-order valence-electron chi connectivity index (χ0n) is 7.64. The van der Waals surface area contributed by atoms with Gasteiger partial charge in [0.05, 0.1) is 4.47 Å². The lowest BCUT2D eigenvalue weighted by molar-refractivity contribution is 0.337. The van der Waals surface area contributed by atoms with Crippen LogP contribution >= 0.6 is 27.5 Å². The first-order chi connectivity index (χ1) is 7.15. The highest BCUT2D eigenvalue weighted by atomic mass is 79.9. The molecule has 5 heteroatoms. The van der Waals surface area contributed by atoms with Crippen LogP contribution in [0.5, 0.6) is 5.75 Å². The fourth-order valence-electron chi connectivity index (χ4n) is 0.929. The van der Waals surface area contributed by atoms with Crippen molar-refractivity contribution in [2.24, 2.45) is 0 Å². The molecule has 0 N–H and O–H groups in total. The van der Waals surface area contributed by atoms with Crippen LogP contribution in [0.4, 0.5) is 8.78 Å². The maximum Gasteiger partial charge on any atom is 0.169 e. The number of rotatable bonds is 4. The summed E-state index contributed by atoms with van der Waals surface area (Å²) in [5.41, 5.74) is 0. The van der Waals surface area contributed by atoms with E-state index in [1.54, 1.807) is 12.2 Å². The molecule has 1 aromatic rings. The third-order valence-corrected chi connectivity index (χ3v) is 2.31. The van der Waals surface area contributed by atoms with Crippen LogP contribution in [-0.2, 0) is 0 Å². The van der Waals surface area contributed by atoms with Crippen LogP contribution in [0, 0.1) is 11.6 Å². The average Bonchev–Trinajstić information content (AvgIpc) is 2.15. The number of ether oxygens (including phenoxy) is 1. The minimum atomic E-state index is -0.735. The Hall–Kier alpha value is -0.610. The van der Waals surface area contributed by atoms with Crippen molar-refractivity contribution in [3.05, 3.63) is 40.4 Å². The van der Waals surface area contributed by atoms with Gasteiger partial charge in [0.2, 0.25) is 0 Å². The van der Waals surface area contributed by atoms with E-state index >= 15 is 0 Å². The smallest absolute Gasteiger partial charge is 0.169 e. The van der Waals surface area contributed by atoms with Crippen molar-refractivity contribution in [3.8, 4) is 5.75 Å². The molecule has 0 amide bonds. The van der Waals surface area contributed by atoms with Gasteiger partial charge in [-0.2, -0.15) is 0 Å². The molecule has 0 aliphatic heterocycles. The van der Waals surface area contributed by atoms with Gasteiger partial charge in [-0.25, -0.2) is 8.78 Å². The third-order valence-electron chi connectivity index (χ3n) is 1.54. The molecular formula is C10H8BrClF2O. The van der Waals surface area contributed by atoms with Gasteiger partial charge >= 0.3 is 0 Å². The summed E-state index contributed by atoms with van der Waals surface area (Å²) >= 11 is 8.40. The fraction of sp³-hybridized carbons (Fsp3) is 0.200. The largest absolute Gasteiger partial charge is 0.485 e. The summed E-state index contributed by atoms with van der Waals surface area (Å²) in [7, 11) is 0. The second kappa shape index (κ2) is 6.08. The molecule has 1 aromatic carbocycles. The molecule has 0 heterocycles. The number of hydrogen-bond acceptors (Lipinski definition) is 1.